The van der Waals surface area contributed by atoms with Gasteiger partial charge in [0.1, 0.15) is 0 Å². The van der Waals surface area contributed by atoms with Gasteiger partial charge in [-0.25, -0.2) is 8.42 Å². The Kier molecular flexibility index (Phi) is 5.21. The summed E-state index contributed by atoms with van der Waals surface area (Å²) in [6, 6.07) is 6.02. The third-order valence-corrected chi connectivity index (χ3v) is 5.78. The average Bonchev–Trinajstić information content (AvgIpc) is 2.35. The van der Waals surface area contributed by atoms with E-state index in [1.807, 2.05) is 0 Å². The number of halogens is 3. The molecule has 1 fully saturated rings. The van der Waals surface area contributed by atoms with Crippen molar-refractivity contribution in [3.63, 3.8) is 0 Å². The molecule has 1 atom stereocenters. The first-order valence-electron chi connectivity index (χ1n) is 6.52. The van der Waals surface area contributed by atoms with E-state index in [0.717, 1.165) is 12.0 Å². The van der Waals surface area contributed by atoms with Crippen molar-refractivity contribution in [1.82, 2.24) is 5.32 Å². The molecule has 1 N–H and O–H groups in total. The lowest BCUT2D eigenvalue weighted by Gasteiger charge is -2.23. The normalized spacial score (nSPS) is 22.1. The van der Waals surface area contributed by atoms with Gasteiger partial charge in [0.25, 0.3) is 0 Å². The van der Waals surface area contributed by atoms with Crippen LogP contribution < -0.4 is 5.32 Å². The molecule has 1 aromatic carbocycles. The average molecular weight is 339 g/mol. The van der Waals surface area contributed by atoms with Gasteiger partial charge in [0.05, 0.1) is 11.5 Å². The van der Waals surface area contributed by atoms with Gasteiger partial charge in [-0.2, -0.15) is 13.2 Å². The molecular weight excluding hydrogens is 323 g/mol. The van der Waals surface area contributed by atoms with E-state index in [-0.39, 0.29) is 34.2 Å². The summed E-state index contributed by atoms with van der Waals surface area (Å²) >= 11 is -0.144. The lowest BCUT2D eigenvalue weighted by atomic mass is 10.1. The molecule has 1 aromatic rings. The van der Waals surface area contributed by atoms with Gasteiger partial charge in [-0.05, 0) is 42.3 Å². The van der Waals surface area contributed by atoms with Crippen LogP contribution in [-0.2, 0) is 16.4 Å². The van der Waals surface area contributed by atoms with E-state index in [1.165, 1.54) is 12.1 Å². The molecule has 0 bridgehead atoms. The fraction of sp³-hybridized carbons (Fsp3) is 0.538. The van der Waals surface area contributed by atoms with Crippen LogP contribution in [0.2, 0.25) is 0 Å². The number of benzene rings is 1. The lowest BCUT2D eigenvalue weighted by molar-refractivity contribution is -0.0328. The number of nitrogens with one attached hydrogen (secondary N) is 1. The molecule has 1 unspecified atom stereocenters. The summed E-state index contributed by atoms with van der Waals surface area (Å²) in [7, 11) is -2.95. The Morgan fingerprint density at radius 3 is 2.48 bits per heavy atom. The van der Waals surface area contributed by atoms with Crippen LogP contribution in [0.1, 0.15) is 18.4 Å². The zero-order valence-electron chi connectivity index (χ0n) is 11.2. The van der Waals surface area contributed by atoms with Gasteiger partial charge < -0.3 is 5.32 Å². The summed E-state index contributed by atoms with van der Waals surface area (Å²) < 4.78 is 59.6. The highest BCUT2D eigenvalue weighted by Crippen LogP contribution is 2.36. The molecule has 1 heterocycles. The van der Waals surface area contributed by atoms with E-state index < -0.39 is 15.3 Å². The minimum atomic E-state index is -4.28. The van der Waals surface area contributed by atoms with Crippen molar-refractivity contribution in [2.75, 3.05) is 11.5 Å². The highest BCUT2D eigenvalue weighted by atomic mass is 32.2. The molecule has 1 aliphatic rings. The molecule has 0 amide bonds. The summed E-state index contributed by atoms with van der Waals surface area (Å²) in [6.45, 7) is 0.456. The molecule has 1 aliphatic heterocycles. The van der Waals surface area contributed by atoms with Crippen molar-refractivity contribution in [2.45, 2.75) is 35.8 Å². The Morgan fingerprint density at radius 2 is 1.90 bits per heavy atom. The van der Waals surface area contributed by atoms with E-state index in [9.17, 15) is 21.6 Å². The Bertz CT molecular complexity index is 570. The van der Waals surface area contributed by atoms with E-state index in [1.54, 1.807) is 12.1 Å². The second-order valence-corrected chi connectivity index (χ2v) is 8.39. The number of hydrogen-bond acceptors (Lipinski definition) is 4. The van der Waals surface area contributed by atoms with Crippen molar-refractivity contribution in [1.29, 1.82) is 0 Å². The van der Waals surface area contributed by atoms with Crippen LogP contribution in [0.3, 0.4) is 0 Å². The zero-order valence-corrected chi connectivity index (χ0v) is 12.8. The Morgan fingerprint density at radius 1 is 1.24 bits per heavy atom. The first-order valence-corrected chi connectivity index (χ1v) is 9.16. The largest absolute Gasteiger partial charge is 0.446 e. The number of rotatable bonds is 4. The highest BCUT2D eigenvalue weighted by molar-refractivity contribution is 8.00. The third-order valence-electron chi connectivity index (χ3n) is 3.21. The van der Waals surface area contributed by atoms with Crippen LogP contribution >= 0.6 is 11.8 Å². The maximum Gasteiger partial charge on any atom is 0.446 e. The van der Waals surface area contributed by atoms with E-state index >= 15 is 0 Å². The van der Waals surface area contributed by atoms with Crippen molar-refractivity contribution in [2.24, 2.45) is 0 Å². The maximum atomic E-state index is 12.2. The van der Waals surface area contributed by atoms with Gasteiger partial charge in [0, 0.05) is 17.5 Å². The fourth-order valence-corrected chi connectivity index (χ4v) is 4.47. The zero-order chi connectivity index (χ0) is 15.5. The van der Waals surface area contributed by atoms with Crippen LogP contribution in [0.5, 0.6) is 0 Å². The number of alkyl halides is 3. The molecule has 2 rings (SSSR count). The van der Waals surface area contributed by atoms with Crippen molar-refractivity contribution in [3.05, 3.63) is 29.8 Å². The first-order chi connectivity index (χ1) is 9.73. The molecule has 0 saturated carbocycles. The summed E-state index contributed by atoms with van der Waals surface area (Å²) in [6.07, 6.45) is 1.46. The lowest BCUT2D eigenvalue weighted by Crippen LogP contribution is -2.39. The Hall–Kier alpha value is -0.730. The molecular formula is C13H16F3NO2S2. The molecule has 0 aromatic heterocycles. The molecule has 0 radical (unpaired) electrons. The molecule has 118 valence electrons. The predicted octanol–water partition coefficient (Wildman–Crippen LogP) is 2.97. The SMILES string of the molecule is O=S1(=O)CCCC(NCc2ccc(SC(F)(F)F)cc2)C1. The molecule has 3 nitrogen and oxygen atoms in total. The summed E-state index contributed by atoms with van der Waals surface area (Å²) in [5, 5.41) is 3.15. The van der Waals surface area contributed by atoms with Crippen LogP contribution in [0.15, 0.2) is 29.2 Å². The van der Waals surface area contributed by atoms with Crippen LogP contribution in [0.25, 0.3) is 0 Å². The fourth-order valence-electron chi connectivity index (χ4n) is 2.25. The van der Waals surface area contributed by atoms with Crippen LogP contribution in [0, 0.1) is 0 Å². The molecule has 8 heteroatoms. The van der Waals surface area contributed by atoms with Gasteiger partial charge in [-0.15, -0.1) is 0 Å². The minimum Gasteiger partial charge on any atom is -0.309 e. The van der Waals surface area contributed by atoms with Crippen molar-refractivity contribution >= 4 is 21.6 Å². The van der Waals surface area contributed by atoms with Gasteiger partial charge in [-0.3, -0.25) is 0 Å². The van der Waals surface area contributed by atoms with Crippen molar-refractivity contribution < 1.29 is 21.6 Å². The number of hydrogen-bond donors (Lipinski definition) is 1. The predicted molar refractivity (Wildman–Crippen MR) is 76.9 cm³/mol. The highest BCUT2D eigenvalue weighted by Gasteiger charge is 2.29. The Balaban J connectivity index is 1.86. The standard InChI is InChI=1S/C13H16F3NO2S2/c14-13(15,16)20-12-5-3-10(4-6-12)8-17-11-2-1-7-21(18,19)9-11/h3-6,11,17H,1-2,7-9H2. The minimum absolute atomic E-state index is 0.0759. The molecule has 1 saturated heterocycles. The van der Waals surface area contributed by atoms with Gasteiger partial charge in [-0.1, -0.05) is 12.1 Å². The quantitative estimate of drug-likeness (QED) is 0.857. The number of thioether (sulfide) groups is 1. The smallest absolute Gasteiger partial charge is 0.309 e. The maximum absolute atomic E-state index is 12.2. The topological polar surface area (TPSA) is 46.2 Å². The van der Waals surface area contributed by atoms with Crippen molar-refractivity contribution in [3.8, 4) is 0 Å². The van der Waals surface area contributed by atoms with E-state index in [4.69, 9.17) is 0 Å². The molecule has 21 heavy (non-hydrogen) atoms. The first kappa shape index (κ1) is 16.6. The van der Waals surface area contributed by atoms with Gasteiger partial charge in [0.2, 0.25) is 0 Å². The van der Waals surface area contributed by atoms with E-state index in [2.05, 4.69) is 5.32 Å². The van der Waals surface area contributed by atoms with Crippen LogP contribution in [-0.4, -0.2) is 31.5 Å². The third kappa shape index (κ3) is 5.88. The summed E-state index contributed by atoms with van der Waals surface area (Å²) in [4.78, 5) is 0.145. The van der Waals surface area contributed by atoms with Crippen LogP contribution in [0.4, 0.5) is 13.2 Å². The second-order valence-electron chi connectivity index (χ2n) is 5.03. The van der Waals surface area contributed by atoms with Gasteiger partial charge in [0.15, 0.2) is 9.84 Å². The summed E-state index contributed by atoms with van der Waals surface area (Å²) in [5.74, 6) is 0.379. The molecule has 0 spiro atoms. The van der Waals surface area contributed by atoms with E-state index in [0.29, 0.717) is 13.0 Å². The Labute approximate surface area is 126 Å². The summed E-state index contributed by atoms with van der Waals surface area (Å²) in [5.41, 5.74) is -3.44. The van der Waals surface area contributed by atoms with Gasteiger partial charge >= 0.3 is 5.51 Å². The monoisotopic (exact) mass is 339 g/mol. The molecule has 0 aliphatic carbocycles. The second kappa shape index (κ2) is 6.58. The number of sulfone groups is 1.